The number of hydrogen-bond acceptors (Lipinski definition) is 3. The monoisotopic (exact) mass is 284 g/mol. The molecule has 1 fully saturated rings. The van der Waals surface area contributed by atoms with Gasteiger partial charge in [-0.1, -0.05) is 15.9 Å². The molecule has 0 atom stereocenters. The summed E-state index contributed by atoms with van der Waals surface area (Å²) in [5, 5.41) is 0. The zero-order valence-corrected chi connectivity index (χ0v) is 10.6. The molecule has 1 aromatic rings. The summed E-state index contributed by atoms with van der Waals surface area (Å²) in [6.45, 7) is 0.404. The molecule has 16 heavy (non-hydrogen) atoms. The minimum absolute atomic E-state index is 0.162. The second-order valence-electron chi connectivity index (χ2n) is 4.01. The van der Waals surface area contributed by atoms with Crippen LogP contribution < -0.4 is 4.74 Å². The smallest absolute Gasteiger partial charge is 0.315 e. The summed E-state index contributed by atoms with van der Waals surface area (Å²) in [5.41, 5.74) is -0.387. The van der Waals surface area contributed by atoms with Crippen molar-refractivity contribution in [3.8, 4) is 5.75 Å². The van der Waals surface area contributed by atoms with Crippen LogP contribution in [0.25, 0.3) is 0 Å². The van der Waals surface area contributed by atoms with Crippen LogP contribution in [0.3, 0.4) is 0 Å². The second-order valence-corrected chi connectivity index (χ2v) is 4.93. The van der Waals surface area contributed by atoms with Crippen molar-refractivity contribution in [3.05, 3.63) is 28.7 Å². The number of hydrogen-bond donors (Lipinski definition) is 0. The molecule has 0 saturated heterocycles. The molecule has 0 amide bonds. The number of carbonyl (C=O) groups excluding carboxylic acids is 1. The highest BCUT2D eigenvalue weighted by atomic mass is 79.9. The van der Waals surface area contributed by atoms with Gasteiger partial charge in [-0.2, -0.15) is 0 Å². The molecule has 0 radical (unpaired) electrons. The van der Waals surface area contributed by atoms with Crippen LogP contribution in [0.2, 0.25) is 0 Å². The van der Waals surface area contributed by atoms with Crippen molar-refractivity contribution in [1.82, 2.24) is 0 Å². The first kappa shape index (κ1) is 11.5. The maximum absolute atomic E-state index is 11.5. The van der Waals surface area contributed by atoms with E-state index in [2.05, 4.69) is 15.9 Å². The summed E-state index contributed by atoms with van der Waals surface area (Å²) in [7, 11) is 1.42. The van der Waals surface area contributed by atoms with Crippen molar-refractivity contribution in [2.45, 2.75) is 12.8 Å². The first-order chi connectivity index (χ1) is 7.66. The minimum Gasteiger partial charge on any atom is -0.492 e. The van der Waals surface area contributed by atoms with Crippen LogP contribution in [0, 0.1) is 5.41 Å². The van der Waals surface area contributed by atoms with Crippen molar-refractivity contribution in [2.24, 2.45) is 5.41 Å². The number of halogens is 1. The standard InChI is InChI=1S/C12H13BrO3/c1-15-11(14)12(6-7-12)8-16-10-4-2-9(13)3-5-10/h2-5H,6-8H2,1H3. The average Bonchev–Trinajstić information content (AvgIpc) is 3.08. The lowest BCUT2D eigenvalue weighted by atomic mass is 10.1. The van der Waals surface area contributed by atoms with E-state index in [0.717, 1.165) is 23.1 Å². The van der Waals surface area contributed by atoms with E-state index in [9.17, 15) is 4.79 Å². The number of ether oxygens (including phenoxy) is 2. The summed E-state index contributed by atoms with van der Waals surface area (Å²) < 4.78 is 11.4. The highest BCUT2D eigenvalue weighted by Gasteiger charge is 2.52. The Hall–Kier alpha value is -1.03. The van der Waals surface area contributed by atoms with Crippen LogP contribution in [0.5, 0.6) is 5.75 Å². The van der Waals surface area contributed by atoms with Crippen molar-refractivity contribution >= 4 is 21.9 Å². The Morgan fingerprint density at radius 3 is 2.50 bits per heavy atom. The van der Waals surface area contributed by atoms with Crippen LogP contribution in [0.4, 0.5) is 0 Å². The largest absolute Gasteiger partial charge is 0.492 e. The lowest BCUT2D eigenvalue weighted by Crippen LogP contribution is -2.24. The number of esters is 1. The number of methoxy groups -OCH3 is 1. The number of rotatable bonds is 4. The number of benzene rings is 1. The van der Waals surface area contributed by atoms with Gasteiger partial charge in [0.15, 0.2) is 0 Å². The maximum atomic E-state index is 11.5. The molecule has 1 aliphatic rings. The third-order valence-corrected chi connectivity index (χ3v) is 3.33. The molecule has 1 aromatic carbocycles. The highest BCUT2D eigenvalue weighted by Crippen LogP contribution is 2.46. The molecule has 86 valence electrons. The molecule has 0 aliphatic heterocycles. The molecule has 3 nitrogen and oxygen atoms in total. The van der Waals surface area contributed by atoms with Crippen LogP contribution in [-0.2, 0) is 9.53 Å². The van der Waals surface area contributed by atoms with Gasteiger partial charge in [0.2, 0.25) is 0 Å². The Kier molecular flexibility index (Phi) is 3.19. The molecule has 0 bridgehead atoms. The molecule has 0 N–H and O–H groups in total. The molecule has 2 rings (SSSR count). The lowest BCUT2D eigenvalue weighted by molar-refractivity contribution is -0.148. The zero-order chi connectivity index (χ0) is 11.6. The van der Waals surface area contributed by atoms with Crippen LogP contribution in [0.15, 0.2) is 28.7 Å². The highest BCUT2D eigenvalue weighted by molar-refractivity contribution is 9.10. The van der Waals surface area contributed by atoms with Crippen LogP contribution in [0.1, 0.15) is 12.8 Å². The Balaban J connectivity index is 1.93. The van der Waals surface area contributed by atoms with Gasteiger partial charge >= 0.3 is 5.97 Å². The molecular formula is C12H13BrO3. The van der Waals surface area contributed by atoms with E-state index in [1.165, 1.54) is 7.11 Å². The lowest BCUT2D eigenvalue weighted by Gasteiger charge is -2.13. The third kappa shape index (κ3) is 2.38. The van der Waals surface area contributed by atoms with Crippen molar-refractivity contribution in [1.29, 1.82) is 0 Å². The van der Waals surface area contributed by atoms with Crippen molar-refractivity contribution in [2.75, 3.05) is 13.7 Å². The Bertz CT molecular complexity index is 382. The van der Waals surface area contributed by atoms with Crippen molar-refractivity contribution < 1.29 is 14.3 Å². The van der Waals surface area contributed by atoms with E-state index >= 15 is 0 Å². The van der Waals surface area contributed by atoms with Crippen LogP contribution in [-0.4, -0.2) is 19.7 Å². The summed E-state index contributed by atoms with van der Waals surface area (Å²) in [4.78, 5) is 11.5. The maximum Gasteiger partial charge on any atom is 0.315 e. The predicted octanol–water partition coefficient (Wildman–Crippen LogP) is 2.78. The minimum atomic E-state index is -0.387. The summed E-state index contributed by atoms with van der Waals surface area (Å²) >= 11 is 3.35. The Labute approximate surface area is 103 Å². The van der Waals surface area contributed by atoms with E-state index in [-0.39, 0.29) is 11.4 Å². The SMILES string of the molecule is COC(=O)C1(COc2ccc(Br)cc2)CC1. The van der Waals surface area contributed by atoms with Gasteiger partial charge in [0, 0.05) is 4.47 Å². The van der Waals surface area contributed by atoms with Gasteiger partial charge in [0.1, 0.15) is 17.8 Å². The molecule has 4 heteroatoms. The van der Waals surface area contributed by atoms with Gasteiger partial charge in [-0.05, 0) is 37.1 Å². The molecule has 0 heterocycles. The van der Waals surface area contributed by atoms with Crippen molar-refractivity contribution in [3.63, 3.8) is 0 Å². The topological polar surface area (TPSA) is 35.5 Å². The molecular weight excluding hydrogens is 272 g/mol. The third-order valence-electron chi connectivity index (χ3n) is 2.80. The summed E-state index contributed by atoms with van der Waals surface area (Å²) in [6.07, 6.45) is 1.71. The quantitative estimate of drug-likeness (QED) is 0.798. The predicted molar refractivity (Wildman–Crippen MR) is 63.3 cm³/mol. The summed E-state index contributed by atoms with van der Waals surface area (Å²) in [6, 6.07) is 7.56. The molecule has 0 unspecified atom stereocenters. The molecule has 1 aliphatic carbocycles. The number of carbonyl (C=O) groups is 1. The average molecular weight is 285 g/mol. The van der Waals surface area contributed by atoms with Gasteiger partial charge in [-0.15, -0.1) is 0 Å². The van der Waals surface area contributed by atoms with Gasteiger partial charge in [-0.25, -0.2) is 0 Å². The fourth-order valence-electron chi connectivity index (χ4n) is 1.53. The molecule has 1 saturated carbocycles. The van der Waals surface area contributed by atoms with E-state index in [1.54, 1.807) is 0 Å². The van der Waals surface area contributed by atoms with E-state index in [4.69, 9.17) is 9.47 Å². The van der Waals surface area contributed by atoms with Crippen LogP contribution >= 0.6 is 15.9 Å². The normalized spacial score (nSPS) is 16.6. The van der Waals surface area contributed by atoms with Gasteiger partial charge in [0.25, 0.3) is 0 Å². The zero-order valence-electron chi connectivity index (χ0n) is 9.03. The van der Waals surface area contributed by atoms with Gasteiger partial charge in [0.05, 0.1) is 7.11 Å². The molecule has 0 spiro atoms. The fraction of sp³-hybridized carbons (Fsp3) is 0.417. The molecule has 0 aromatic heterocycles. The van der Waals surface area contributed by atoms with Gasteiger partial charge < -0.3 is 9.47 Å². The summed E-state index contributed by atoms with van der Waals surface area (Å²) in [5.74, 6) is 0.614. The van der Waals surface area contributed by atoms with E-state index < -0.39 is 0 Å². The first-order valence-electron chi connectivity index (χ1n) is 5.13. The Morgan fingerprint density at radius 2 is 2.00 bits per heavy atom. The van der Waals surface area contributed by atoms with E-state index in [0.29, 0.717) is 6.61 Å². The van der Waals surface area contributed by atoms with Gasteiger partial charge in [-0.3, -0.25) is 4.79 Å². The fourth-order valence-corrected chi connectivity index (χ4v) is 1.79. The van der Waals surface area contributed by atoms with E-state index in [1.807, 2.05) is 24.3 Å². The second kappa shape index (κ2) is 4.45. The Morgan fingerprint density at radius 1 is 1.38 bits per heavy atom. The first-order valence-corrected chi connectivity index (χ1v) is 5.92.